The average molecular weight is 544 g/mol. The number of benzene rings is 1. The van der Waals surface area contributed by atoms with E-state index < -0.39 is 21.9 Å². The minimum atomic E-state index is -3.62. The number of nitrogens with one attached hydrogen (secondary N) is 1. The van der Waals surface area contributed by atoms with Crippen LogP contribution in [0.25, 0.3) is 0 Å². The minimum Gasteiger partial charge on any atom is -0.462 e. The van der Waals surface area contributed by atoms with Gasteiger partial charge in [-0.3, -0.25) is 4.79 Å². The number of fused-ring (bicyclic) bond motifs is 1. The molecular weight excluding hydrogens is 510 g/mol. The van der Waals surface area contributed by atoms with Crippen molar-refractivity contribution in [2.24, 2.45) is 0 Å². The summed E-state index contributed by atoms with van der Waals surface area (Å²) >= 11 is 1.39. The summed E-state index contributed by atoms with van der Waals surface area (Å²) in [4.78, 5) is 29.0. The zero-order valence-corrected chi connectivity index (χ0v) is 23.1. The molecule has 8 nitrogen and oxygen atoms in total. The highest BCUT2D eigenvalue weighted by molar-refractivity contribution is 7.89. The van der Waals surface area contributed by atoms with Gasteiger partial charge in [0.25, 0.3) is 5.91 Å². The van der Waals surface area contributed by atoms with E-state index in [9.17, 15) is 18.0 Å². The molecule has 0 unspecified atom stereocenters. The molecule has 35 heavy (non-hydrogen) atoms. The van der Waals surface area contributed by atoms with E-state index in [0.29, 0.717) is 42.2 Å². The van der Waals surface area contributed by atoms with Crippen molar-refractivity contribution in [1.82, 2.24) is 9.21 Å². The van der Waals surface area contributed by atoms with Crippen LogP contribution in [0, 0.1) is 0 Å². The van der Waals surface area contributed by atoms with Gasteiger partial charge in [0.2, 0.25) is 10.0 Å². The lowest BCUT2D eigenvalue weighted by Crippen LogP contribution is -2.31. The highest BCUT2D eigenvalue weighted by Gasteiger charge is 2.29. The molecule has 3 rings (SSSR count). The standard InChI is InChI=1S/C24H33N3O5S2.ClH/c1-5-8-14-27(6-2)34(30,31)18-11-9-17(10-12-18)22(28)25-23-21(24(29)32-7-3)19-13-15-26(4)16-20(19)33-23;/h9-12H,5-8,13-16H2,1-4H3,(H,25,28);1H. The maximum absolute atomic E-state index is 13.0. The molecule has 1 aliphatic rings. The van der Waals surface area contributed by atoms with Crippen LogP contribution in [-0.2, 0) is 27.7 Å². The Balaban J connectivity index is 0.00000432. The Kier molecular flexibility index (Phi) is 10.7. The van der Waals surface area contributed by atoms with Gasteiger partial charge in [0.1, 0.15) is 5.00 Å². The largest absolute Gasteiger partial charge is 0.462 e. The number of thiophene rings is 1. The fraction of sp³-hybridized carbons (Fsp3) is 0.500. The number of anilines is 1. The Morgan fingerprint density at radius 3 is 2.46 bits per heavy atom. The van der Waals surface area contributed by atoms with E-state index in [1.54, 1.807) is 6.92 Å². The van der Waals surface area contributed by atoms with E-state index >= 15 is 0 Å². The lowest BCUT2D eigenvalue weighted by molar-refractivity contribution is 0.0526. The molecule has 194 valence electrons. The molecule has 1 aromatic carbocycles. The molecule has 1 N–H and O–H groups in total. The number of halogens is 1. The normalized spacial score (nSPS) is 13.7. The maximum atomic E-state index is 13.0. The topological polar surface area (TPSA) is 96.0 Å². The van der Waals surface area contributed by atoms with Gasteiger partial charge in [0, 0.05) is 36.6 Å². The van der Waals surface area contributed by atoms with Crippen molar-refractivity contribution in [1.29, 1.82) is 0 Å². The van der Waals surface area contributed by atoms with Crippen LogP contribution in [-0.4, -0.2) is 62.8 Å². The first-order chi connectivity index (χ1) is 16.2. The van der Waals surface area contributed by atoms with Gasteiger partial charge in [0.05, 0.1) is 17.1 Å². The number of nitrogens with zero attached hydrogens (tertiary/aromatic N) is 2. The van der Waals surface area contributed by atoms with Crippen LogP contribution >= 0.6 is 23.7 Å². The van der Waals surface area contributed by atoms with Crippen LogP contribution in [0.3, 0.4) is 0 Å². The molecule has 0 saturated heterocycles. The number of amides is 1. The van der Waals surface area contributed by atoms with Gasteiger partial charge in [0.15, 0.2) is 0 Å². The van der Waals surface area contributed by atoms with Crippen molar-refractivity contribution >= 4 is 50.6 Å². The first-order valence-electron chi connectivity index (χ1n) is 11.6. The molecular formula is C24H34ClN3O5S2. The third kappa shape index (κ3) is 6.62. The van der Waals surface area contributed by atoms with Crippen molar-refractivity contribution < 1.29 is 22.7 Å². The smallest absolute Gasteiger partial charge is 0.341 e. The van der Waals surface area contributed by atoms with Crippen molar-refractivity contribution in [3.63, 3.8) is 0 Å². The minimum absolute atomic E-state index is 0. The van der Waals surface area contributed by atoms with E-state index in [4.69, 9.17) is 4.74 Å². The third-order valence-corrected chi connectivity index (χ3v) is 8.94. The predicted octanol–water partition coefficient (Wildman–Crippen LogP) is 4.40. The fourth-order valence-corrected chi connectivity index (χ4v) is 6.72. The summed E-state index contributed by atoms with van der Waals surface area (Å²) in [5.41, 5.74) is 1.68. The summed E-state index contributed by atoms with van der Waals surface area (Å²) in [5, 5.41) is 3.33. The molecule has 0 saturated carbocycles. The quantitative estimate of drug-likeness (QED) is 0.446. The number of hydrogen-bond acceptors (Lipinski definition) is 7. The predicted molar refractivity (Wildman–Crippen MR) is 141 cm³/mol. The summed E-state index contributed by atoms with van der Waals surface area (Å²) in [6.45, 7) is 8.22. The Morgan fingerprint density at radius 2 is 1.86 bits per heavy atom. The van der Waals surface area contributed by atoms with Gasteiger partial charge in [-0.1, -0.05) is 20.3 Å². The van der Waals surface area contributed by atoms with Crippen molar-refractivity contribution in [2.75, 3.05) is 38.6 Å². The molecule has 2 heterocycles. The number of carbonyl (C=O) groups excluding carboxylic acids is 2. The molecule has 1 aromatic heterocycles. The van der Waals surface area contributed by atoms with E-state index in [0.717, 1.165) is 29.8 Å². The Labute approximate surface area is 218 Å². The molecule has 11 heteroatoms. The van der Waals surface area contributed by atoms with Gasteiger partial charge in [-0.15, -0.1) is 23.7 Å². The summed E-state index contributed by atoms with van der Waals surface area (Å²) in [7, 11) is -1.60. The Bertz CT molecular complexity index is 1130. The van der Waals surface area contributed by atoms with Crippen LogP contribution in [0.2, 0.25) is 0 Å². The third-order valence-electron chi connectivity index (χ3n) is 5.82. The monoisotopic (exact) mass is 543 g/mol. The molecule has 1 aliphatic heterocycles. The zero-order valence-electron chi connectivity index (χ0n) is 20.6. The van der Waals surface area contributed by atoms with E-state index in [1.165, 1.54) is 39.9 Å². The van der Waals surface area contributed by atoms with Crippen LogP contribution in [0.1, 0.15) is 64.8 Å². The summed E-state index contributed by atoms with van der Waals surface area (Å²) in [6, 6.07) is 5.92. The van der Waals surface area contributed by atoms with Crippen molar-refractivity contribution in [2.45, 2.75) is 51.5 Å². The summed E-state index contributed by atoms with van der Waals surface area (Å²) in [5.74, 6) is -0.840. The number of carbonyl (C=O) groups is 2. The lowest BCUT2D eigenvalue weighted by atomic mass is 10.0. The highest BCUT2D eigenvalue weighted by atomic mass is 35.5. The Hall–Kier alpha value is -1.98. The first-order valence-corrected chi connectivity index (χ1v) is 13.9. The van der Waals surface area contributed by atoms with E-state index in [2.05, 4.69) is 10.2 Å². The number of esters is 1. The molecule has 0 atom stereocenters. The van der Waals surface area contributed by atoms with Crippen LogP contribution in [0.15, 0.2) is 29.2 Å². The number of ether oxygens (including phenoxy) is 1. The number of unbranched alkanes of at least 4 members (excludes halogenated alkanes) is 1. The van der Waals surface area contributed by atoms with E-state index in [-0.39, 0.29) is 23.9 Å². The van der Waals surface area contributed by atoms with Crippen LogP contribution in [0.4, 0.5) is 5.00 Å². The van der Waals surface area contributed by atoms with Gasteiger partial charge in [-0.05, 0) is 56.6 Å². The van der Waals surface area contributed by atoms with Gasteiger partial charge < -0.3 is 15.0 Å². The van der Waals surface area contributed by atoms with Crippen molar-refractivity contribution in [3.8, 4) is 0 Å². The number of rotatable bonds is 10. The molecule has 1 amide bonds. The molecule has 0 bridgehead atoms. The Morgan fingerprint density at radius 1 is 1.17 bits per heavy atom. The SMILES string of the molecule is CCCCN(CC)S(=O)(=O)c1ccc(C(=O)Nc2sc3c(c2C(=O)OCC)CCN(C)C3)cc1.Cl. The molecule has 0 fully saturated rings. The lowest BCUT2D eigenvalue weighted by Gasteiger charge is -2.22. The van der Waals surface area contributed by atoms with Crippen LogP contribution in [0.5, 0.6) is 0 Å². The first kappa shape index (κ1) is 29.3. The maximum Gasteiger partial charge on any atom is 0.341 e. The second-order valence-electron chi connectivity index (χ2n) is 8.24. The second-order valence-corrected chi connectivity index (χ2v) is 11.3. The van der Waals surface area contributed by atoms with Gasteiger partial charge in [-0.25, -0.2) is 13.2 Å². The van der Waals surface area contributed by atoms with Crippen molar-refractivity contribution in [3.05, 3.63) is 45.8 Å². The zero-order chi connectivity index (χ0) is 24.9. The summed E-state index contributed by atoms with van der Waals surface area (Å²) < 4.78 is 32.6. The number of hydrogen-bond donors (Lipinski definition) is 1. The molecule has 0 spiro atoms. The fourth-order valence-electron chi connectivity index (χ4n) is 3.92. The van der Waals surface area contributed by atoms with E-state index in [1.807, 2.05) is 20.9 Å². The second kappa shape index (κ2) is 12.8. The van der Waals surface area contributed by atoms with Gasteiger partial charge >= 0.3 is 5.97 Å². The highest BCUT2D eigenvalue weighted by Crippen LogP contribution is 2.37. The molecule has 0 radical (unpaired) electrons. The average Bonchev–Trinajstić information content (AvgIpc) is 3.16. The number of likely N-dealkylation sites (N-methyl/N-ethyl adjacent to an activating group) is 1. The molecule has 2 aromatic rings. The number of sulfonamides is 1. The van der Waals surface area contributed by atoms with Crippen LogP contribution < -0.4 is 5.32 Å². The molecule has 0 aliphatic carbocycles. The summed E-state index contributed by atoms with van der Waals surface area (Å²) in [6.07, 6.45) is 2.41. The van der Waals surface area contributed by atoms with Gasteiger partial charge in [-0.2, -0.15) is 4.31 Å².